The van der Waals surface area contributed by atoms with Gasteiger partial charge >= 0.3 is 0 Å². The van der Waals surface area contributed by atoms with Crippen molar-refractivity contribution >= 4 is 17.3 Å². The second kappa shape index (κ2) is 4.84. The van der Waals surface area contributed by atoms with Crippen LogP contribution >= 0.6 is 11.6 Å². The van der Waals surface area contributed by atoms with Crippen molar-refractivity contribution in [3.05, 3.63) is 47.7 Å². The molecule has 1 heterocycles. The average Bonchev–Trinajstić information content (AvgIpc) is 2.66. The number of hydrogen-bond acceptors (Lipinski definition) is 2. The lowest BCUT2D eigenvalue weighted by atomic mass is 10.3. The number of benzene rings is 1. The van der Waals surface area contributed by atoms with Crippen LogP contribution in [0, 0.1) is 0 Å². The lowest BCUT2D eigenvalue weighted by Gasteiger charge is -2.05. The minimum absolute atomic E-state index is 0.676. The SMILES string of the molecule is Clc1cnn(CCNc2ccccc2)c1. The normalized spacial score (nSPS) is 10.2. The third-order valence-corrected chi connectivity index (χ3v) is 2.24. The average molecular weight is 222 g/mol. The molecular weight excluding hydrogens is 210 g/mol. The molecule has 15 heavy (non-hydrogen) atoms. The van der Waals surface area contributed by atoms with E-state index >= 15 is 0 Å². The molecule has 78 valence electrons. The van der Waals surface area contributed by atoms with Gasteiger partial charge in [-0.25, -0.2) is 0 Å². The van der Waals surface area contributed by atoms with Crippen LogP contribution < -0.4 is 5.32 Å². The molecule has 0 atom stereocenters. The van der Waals surface area contributed by atoms with Crippen molar-refractivity contribution in [2.45, 2.75) is 6.54 Å². The second-order valence-electron chi connectivity index (χ2n) is 3.21. The number of halogens is 1. The van der Waals surface area contributed by atoms with Gasteiger partial charge in [0.15, 0.2) is 0 Å². The topological polar surface area (TPSA) is 29.9 Å². The van der Waals surface area contributed by atoms with Gasteiger partial charge in [0.2, 0.25) is 0 Å². The molecule has 2 aromatic rings. The predicted molar refractivity (Wildman–Crippen MR) is 62.2 cm³/mol. The highest BCUT2D eigenvalue weighted by atomic mass is 35.5. The van der Waals surface area contributed by atoms with E-state index in [-0.39, 0.29) is 0 Å². The summed E-state index contributed by atoms with van der Waals surface area (Å²) >= 11 is 5.75. The van der Waals surface area contributed by atoms with Crippen molar-refractivity contribution in [2.75, 3.05) is 11.9 Å². The zero-order valence-corrected chi connectivity index (χ0v) is 8.98. The van der Waals surface area contributed by atoms with Crippen LogP contribution in [0.5, 0.6) is 0 Å². The molecule has 4 heteroatoms. The summed E-state index contributed by atoms with van der Waals surface area (Å²) in [6.45, 7) is 1.64. The second-order valence-corrected chi connectivity index (χ2v) is 3.65. The van der Waals surface area contributed by atoms with Gasteiger partial charge in [-0.1, -0.05) is 29.8 Å². The zero-order chi connectivity index (χ0) is 10.5. The molecule has 1 aromatic heterocycles. The summed E-state index contributed by atoms with van der Waals surface area (Å²) in [5.41, 5.74) is 1.12. The van der Waals surface area contributed by atoms with E-state index in [0.29, 0.717) is 5.02 Å². The van der Waals surface area contributed by atoms with Crippen molar-refractivity contribution in [1.29, 1.82) is 0 Å². The van der Waals surface area contributed by atoms with Crippen LogP contribution in [0.2, 0.25) is 5.02 Å². The highest BCUT2D eigenvalue weighted by Gasteiger charge is 1.94. The van der Waals surface area contributed by atoms with Gasteiger partial charge in [0.05, 0.1) is 17.8 Å². The van der Waals surface area contributed by atoms with E-state index in [1.165, 1.54) is 0 Å². The van der Waals surface area contributed by atoms with Crippen LogP contribution in [-0.2, 0) is 6.54 Å². The van der Waals surface area contributed by atoms with E-state index < -0.39 is 0 Å². The summed E-state index contributed by atoms with van der Waals surface area (Å²) in [7, 11) is 0. The first kappa shape index (κ1) is 10.1. The molecule has 0 saturated carbocycles. The summed E-state index contributed by atoms with van der Waals surface area (Å²) < 4.78 is 1.82. The van der Waals surface area contributed by atoms with Gasteiger partial charge in [-0.15, -0.1) is 0 Å². The highest BCUT2D eigenvalue weighted by Crippen LogP contribution is 2.06. The van der Waals surface area contributed by atoms with Crippen LogP contribution in [0.1, 0.15) is 0 Å². The number of nitrogens with zero attached hydrogens (tertiary/aromatic N) is 2. The van der Waals surface area contributed by atoms with E-state index in [2.05, 4.69) is 10.4 Å². The number of hydrogen-bond donors (Lipinski definition) is 1. The molecule has 0 spiro atoms. The first-order chi connectivity index (χ1) is 7.34. The number of anilines is 1. The highest BCUT2D eigenvalue weighted by molar-refractivity contribution is 6.30. The van der Waals surface area contributed by atoms with Crippen molar-refractivity contribution in [3.63, 3.8) is 0 Å². The van der Waals surface area contributed by atoms with Crippen molar-refractivity contribution in [2.24, 2.45) is 0 Å². The monoisotopic (exact) mass is 221 g/mol. The Morgan fingerprint density at radius 2 is 2.07 bits per heavy atom. The molecule has 1 aromatic carbocycles. The van der Waals surface area contributed by atoms with Gasteiger partial charge in [0.25, 0.3) is 0 Å². The van der Waals surface area contributed by atoms with Gasteiger partial charge in [-0.3, -0.25) is 4.68 Å². The Balaban J connectivity index is 1.80. The van der Waals surface area contributed by atoms with Crippen LogP contribution in [0.3, 0.4) is 0 Å². The lowest BCUT2D eigenvalue weighted by molar-refractivity contribution is 0.638. The molecule has 0 aliphatic rings. The number of para-hydroxylation sites is 1. The molecule has 0 bridgehead atoms. The number of rotatable bonds is 4. The summed E-state index contributed by atoms with van der Waals surface area (Å²) in [4.78, 5) is 0. The van der Waals surface area contributed by atoms with Crippen LogP contribution in [-0.4, -0.2) is 16.3 Å². The van der Waals surface area contributed by atoms with Crippen molar-refractivity contribution < 1.29 is 0 Å². The Bertz CT molecular complexity index is 411. The van der Waals surface area contributed by atoms with Gasteiger partial charge in [-0.2, -0.15) is 5.10 Å². The Kier molecular flexibility index (Phi) is 3.25. The van der Waals surface area contributed by atoms with Crippen LogP contribution in [0.15, 0.2) is 42.7 Å². The standard InChI is InChI=1S/C11H12ClN3/c12-10-8-14-15(9-10)7-6-13-11-4-2-1-3-5-11/h1-5,8-9,13H,6-7H2. The summed E-state index contributed by atoms with van der Waals surface area (Å²) in [6, 6.07) is 10.1. The predicted octanol–water partition coefficient (Wildman–Crippen LogP) is 2.65. The van der Waals surface area contributed by atoms with E-state index in [0.717, 1.165) is 18.8 Å². The fourth-order valence-corrected chi connectivity index (χ4v) is 1.49. The lowest BCUT2D eigenvalue weighted by Crippen LogP contribution is -2.10. The smallest absolute Gasteiger partial charge is 0.0785 e. The van der Waals surface area contributed by atoms with E-state index in [1.54, 1.807) is 6.20 Å². The molecule has 0 radical (unpaired) electrons. The quantitative estimate of drug-likeness (QED) is 0.860. The molecule has 3 nitrogen and oxygen atoms in total. The van der Waals surface area contributed by atoms with E-state index in [4.69, 9.17) is 11.6 Å². The van der Waals surface area contributed by atoms with Crippen LogP contribution in [0.25, 0.3) is 0 Å². The fourth-order valence-electron chi connectivity index (χ4n) is 1.33. The number of nitrogens with one attached hydrogen (secondary N) is 1. The van der Waals surface area contributed by atoms with Gasteiger partial charge in [0.1, 0.15) is 0 Å². The molecular formula is C11H12ClN3. The zero-order valence-electron chi connectivity index (χ0n) is 8.23. The number of aromatic nitrogens is 2. The van der Waals surface area contributed by atoms with Gasteiger partial charge < -0.3 is 5.32 Å². The maximum Gasteiger partial charge on any atom is 0.0785 e. The molecule has 2 rings (SSSR count). The van der Waals surface area contributed by atoms with Gasteiger partial charge in [-0.05, 0) is 12.1 Å². The third kappa shape index (κ3) is 2.99. The minimum Gasteiger partial charge on any atom is -0.383 e. The Labute approximate surface area is 93.7 Å². The molecule has 0 aliphatic heterocycles. The van der Waals surface area contributed by atoms with E-state index in [9.17, 15) is 0 Å². The van der Waals surface area contributed by atoms with Gasteiger partial charge in [0, 0.05) is 18.4 Å². The molecule has 0 unspecified atom stereocenters. The van der Waals surface area contributed by atoms with Crippen molar-refractivity contribution in [3.8, 4) is 0 Å². The summed E-state index contributed by atoms with van der Waals surface area (Å²) in [5, 5.41) is 8.07. The first-order valence-electron chi connectivity index (χ1n) is 4.81. The Hall–Kier alpha value is -1.48. The largest absolute Gasteiger partial charge is 0.383 e. The molecule has 0 aliphatic carbocycles. The van der Waals surface area contributed by atoms with E-state index in [1.807, 2.05) is 41.2 Å². The Morgan fingerprint density at radius 1 is 1.27 bits per heavy atom. The molecule has 0 amide bonds. The maximum atomic E-state index is 5.75. The molecule has 0 fully saturated rings. The maximum absolute atomic E-state index is 5.75. The minimum atomic E-state index is 0.676. The van der Waals surface area contributed by atoms with Crippen molar-refractivity contribution in [1.82, 2.24) is 9.78 Å². The molecule has 0 saturated heterocycles. The van der Waals surface area contributed by atoms with Crippen LogP contribution in [0.4, 0.5) is 5.69 Å². The Morgan fingerprint density at radius 3 is 2.73 bits per heavy atom. The summed E-state index contributed by atoms with van der Waals surface area (Å²) in [6.07, 6.45) is 3.46. The third-order valence-electron chi connectivity index (χ3n) is 2.05. The fraction of sp³-hybridized carbons (Fsp3) is 0.182. The summed E-state index contributed by atoms with van der Waals surface area (Å²) in [5.74, 6) is 0. The first-order valence-corrected chi connectivity index (χ1v) is 5.19. The molecule has 1 N–H and O–H groups in total.